The van der Waals surface area contributed by atoms with E-state index < -0.39 is 17.8 Å². The topological polar surface area (TPSA) is 128 Å². The minimum absolute atomic E-state index is 0.0936. The van der Waals surface area contributed by atoms with Gasteiger partial charge in [0.1, 0.15) is 0 Å². The van der Waals surface area contributed by atoms with Gasteiger partial charge in [-0.3, -0.25) is 9.79 Å². The molecule has 0 aliphatic carbocycles. The Balaban J connectivity index is 2.24. The van der Waals surface area contributed by atoms with Gasteiger partial charge in [0.05, 0.1) is 11.1 Å². The number of carboxylic acids is 2. The van der Waals surface area contributed by atoms with Crippen LogP contribution in [0.25, 0.3) is 0 Å². The van der Waals surface area contributed by atoms with Crippen molar-refractivity contribution >= 4 is 29.4 Å². The van der Waals surface area contributed by atoms with Crippen molar-refractivity contribution in [3.05, 3.63) is 29.3 Å². The Morgan fingerprint density at radius 3 is 2.27 bits per heavy atom. The van der Waals surface area contributed by atoms with Gasteiger partial charge in [0.15, 0.2) is 5.84 Å². The van der Waals surface area contributed by atoms with Crippen LogP contribution in [0.5, 0.6) is 0 Å². The average Bonchev–Trinajstić information content (AvgIpc) is 2.75. The first-order valence-electron chi connectivity index (χ1n) is 6.69. The smallest absolute Gasteiger partial charge is 0.335 e. The van der Waals surface area contributed by atoms with E-state index in [1.165, 1.54) is 12.1 Å². The lowest BCUT2D eigenvalue weighted by Gasteiger charge is -2.10. The summed E-state index contributed by atoms with van der Waals surface area (Å²) in [5.41, 5.74) is -0.340. The van der Waals surface area contributed by atoms with Crippen LogP contribution in [-0.2, 0) is 4.79 Å². The van der Waals surface area contributed by atoms with Crippen LogP contribution in [0.3, 0.4) is 0 Å². The lowest BCUT2D eigenvalue weighted by atomic mass is 10.1. The van der Waals surface area contributed by atoms with E-state index in [1.807, 2.05) is 0 Å². The number of amidine groups is 1. The number of nitrogens with one attached hydrogen (secondary N) is 2. The summed E-state index contributed by atoms with van der Waals surface area (Å²) in [4.78, 5) is 38.2. The SMILES string of the molecule is O=C(Nc1cc(C(=O)O)cc(C(=O)O)c1)C1=NCCCCN1. The number of aromatic carboxylic acids is 2. The van der Waals surface area contributed by atoms with E-state index in [0.29, 0.717) is 13.1 Å². The van der Waals surface area contributed by atoms with E-state index >= 15 is 0 Å². The first-order chi connectivity index (χ1) is 10.5. The van der Waals surface area contributed by atoms with Crippen molar-refractivity contribution in [3.63, 3.8) is 0 Å². The van der Waals surface area contributed by atoms with Crippen molar-refractivity contribution in [2.45, 2.75) is 12.8 Å². The van der Waals surface area contributed by atoms with Crippen LogP contribution in [0.4, 0.5) is 5.69 Å². The van der Waals surface area contributed by atoms with Gasteiger partial charge in [-0.1, -0.05) is 0 Å². The average molecular weight is 305 g/mol. The van der Waals surface area contributed by atoms with Crippen LogP contribution < -0.4 is 10.6 Å². The number of carbonyl (C=O) groups is 3. The molecule has 1 aromatic carbocycles. The molecule has 1 aromatic rings. The van der Waals surface area contributed by atoms with Gasteiger partial charge in [0.25, 0.3) is 5.91 Å². The lowest BCUT2D eigenvalue weighted by Crippen LogP contribution is -2.35. The second-order valence-electron chi connectivity index (χ2n) is 4.73. The zero-order chi connectivity index (χ0) is 16.1. The number of benzene rings is 1. The summed E-state index contributed by atoms with van der Waals surface area (Å²) in [7, 11) is 0. The van der Waals surface area contributed by atoms with Crippen LogP contribution in [-0.4, -0.2) is 47.0 Å². The molecule has 1 amide bonds. The maximum atomic E-state index is 12.1. The summed E-state index contributed by atoms with van der Waals surface area (Å²) in [6.07, 6.45) is 1.78. The normalized spacial score (nSPS) is 14.3. The third-order valence-electron chi connectivity index (χ3n) is 3.05. The number of nitrogens with zero attached hydrogens (tertiary/aromatic N) is 1. The van der Waals surface area contributed by atoms with Crippen LogP contribution >= 0.6 is 0 Å². The highest BCUT2D eigenvalue weighted by molar-refractivity contribution is 6.42. The number of hydrogen-bond acceptors (Lipinski definition) is 5. The van der Waals surface area contributed by atoms with E-state index in [9.17, 15) is 14.4 Å². The molecule has 0 saturated heterocycles. The van der Waals surface area contributed by atoms with E-state index in [4.69, 9.17) is 10.2 Å². The highest BCUT2D eigenvalue weighted by atomic mass is 16.4. The maximum absolute atomic E-state index is 12.1. The Bertz CT molecular complexity index is 622. The van der Waals surface area contributed by atoms with Gasteiger partial charge in [-0.2, -0.15) is 0 Å². The third-order valence-corrected chi connectivity index (χ3v) is 3.05. The summed E-state index contributed by atoms with van der Waals surface area (Å²) in [5.74, 6) is -2.91. The standard InChI is InChI=1S/C14H15N3O5/c18-12(11-15-3-1-2-4-16-11)17-10-6-8(13(19)20)5-9(7-10)14(21)22/h5-7H,1-4H2,(H,15,16)(H,17,18)(H,19,20)(H,21,22). The van der Waals surface area contributed by atoms with Gasteiger partial charge in [-0.15, -0.1) is 0 Å². The van der Waals surface area contributed by atoms with Crippen LogP contribution in [0.1, 0.15) is 33.6 Å². The number of carbonyl (C=O) groups excluding carboxylic acids is 1. The highest BCUT2D eigenvalue weighted by Crippen LogP contribution is 2.16. The fourth-order valence-corrected chi connectivity index (χ4v) is 1.98. The van der Waals surface area contributed by atoms with E-state index in [2.05, 4.69) is 15.6 Å². The molecule has 0 unspecified atom stereocenters. The molecule has 8 nitrogen and oxygen atoms in total. The molecule has 4 N–H and O–H groups in total. The number of hydrogen-bond donors (Lipinski definition) is 4. The van der Waals surface area contributed by atoms with E-state index in [1.54, 1.807) is 0 Å². The minimum atomic E-state index is -1.27. The predicted molar refractivity (Wildman–Crippen MR) is 78.5 cm³/mol. The molecular formula is C14H15N3O5. The molecule has 1 aliphatic heterocycles. The van der Waals surface area contributed by atoms with Crippen molar-refractivity contribution in [1.82, 2.24) is 5.32 Å². The summed E-state index contributed by atoms with van der Waals surface area (Å²) >= 11 is 0. The molecule has 22 heavy (non-hydrogen) atoms. The van der Waals surface area contributed by atoms with Gasteiger partial charge >= 0.3 is 11.9 Å². The van der Waals surface area contributed by atoms with E-state index in [-0.39, 0.29) is 22.6 Å². The van der Waals surface area contributed by atoms with Gasteiger partial charge in [-0.25, -0.2) is 9.59 Å². The number of carboxylic acid groups (broad SMARTS) is 2. The molecule has 0 bridgehead atoms. The van der Waals surface area contributed by atoms with Crippen LogP contribution in [0, 0.1) is 0 Å². The number of amides is 1. The highest BCUT2D eigenvalue weighted by Gasteiger charge is 2.16. The monoisotopic (exact) mass is 305 g/mol. The number of rotatable bonds is 4. The first-order valence-corrected chi connectivity index (χ1v) is 6.69. The molecule has 1 heterocycles. The van der Waals surface area contributed by atoms with Gasteiger partial charge in [0.2, 0.25) is 0 Å². The Labute approximate surface area is 125 Å². The molecule has 0 spiro atoms. The second kappa shape index (κ2) is 6.70. The number of aliphatic imine (C=N–C) groups is 1. The summed E-state index contributed by atoms with van der Waals surface area (Å²) < 4.78 is 0. The molecule has 0 saturated carbocycles. The zero-order valence-corrected chi connectivity index (χ0v) is 11.6. The van der Waals surface area contributed by atoms with Gasteiger partial charge in [0, 0.05) is 18.8 Å². The lowest BCUT2D eigenvalue weighted by molar-refractivity contribution is -0.110. The van der Waals surface area contributed by atoms with Crippen molar-refractivity contribution in [1.29, 1.82) is 0 Å². The quantitative estimate of drug-likeness (QED) is 0.651. The maximum Gasteiger partial charge on any atom is 0.335 e. The fourth-order valence-electron chi connectivity index (χ4n) is 1.98. The van der Waals surface area contributed by atoms with Gasteiger partial charge < -0.3 is 20.8 Å². The van der Waals surface area contributed by atoms with Crippen molar-refractivity contribution in [2.24, 2.45) is 4.99 Å². The molecule has 0 radical (unpaired) electrons. The molecule has 0 aromatic heterocycles. The first kappa shape index (κ1) is 15.5. The van der Waals surface area contributed by atoms with Gasteiger partial charge in [-0.05, 0) is 31.0 Å². The van der Waals surface area contributed by atoms with Crippen molar-refractivity contribution in [3.8, 4) is 0 Å². The van der Waals surface area contributed by atoms with Crippen molar-refractivity contribution in [2.75, 3.05) is 18.4 Å². The Morgan fingerprint density at radius 1 is 1.05 bits per heavy atom. The summed E-state index contributed by atoms with van der Waals surface area (Å²) in [5, 5.41) is 23.3. The third kappa shape index (κ3) is 3.81. The Morgan fingerprint density at radius 2 is 1.68 bits per heavy atom. The molecular weight excluding hydrogens is 290 g/mol. The Hall–Kier alpha value is -2.90. The minimum Gasteiger partial charge on any atom is -0.478 e. The largest absolute Gasteiger partial charge is 0.478 e. The fraction of sp³-hybridized carbons (Fsp3) is 0.286. The molecule has 0 fully saturated rings. The number of anilines is 1. The predicted octanol–water partition coefficient (Wildman–Crippen LogP) is 0.803. The van der Waals surface area contributed by atoms with E-state index in [0.717, 1.165) is 18.9 Å². The molecule has 1 aliphatic rings. The molecule has 8 heteroatoms. The van der Waals surface area contributed by atoms with Crippen LogP contribution in [0.15, 0.2) is 23.2 Å². The van der Waals surface area contributed by atoms with Crippen LogP contribution in [0.2, 0.25) is 0 Å². The molecule has 0 atom stereocenters. The Kier molecular flexibility index (Phi) is 4.72. The summed E-state index contributed by atoms with van der Waals surface area (Å²) in [6.45, 7) is 1.16. The second-order valence-corrected chi connectivity index (χ2v) is 4.73. The molecule has 116 valence electrons. The van der Waals surface area contributed by atoms with Crippen molar-refractivity contribution < 1.29 is 24.6 Å². The molecule has 2 rings (SSSR count). The zero-order valence-electron chi connectivity index (χ0n) is 11.6. The summed E-state index contributed by atoms with van der Waals surface area (Å²) in [6, 6.07) is 3.43.